The highest BCUT2D eigenvalue weighted by molar-refractivity contribution is 7.22. The van der Waals surface area contributed by atoms with Crippen LogP contribution >= 0.6 is 11.3 Å². The maximum Gasteiger partial charge on any atom is 0.251 e. The predicted molar refractivity (Wildman–Crippen MR) is 127 cm³/mol. The van der Waals surface area contributed by atoms with Crippen LogP contribution in [0.25, 0.3) is 10.2 Å². The van der Waals surface area contributed by atoms with Gasteiger partial charge >= 0.3 is 0 Å². The number of carbonyl (C=O) groups is 1. The van der Waals surface area contributed by atoms with E-state index in [0.717, 1.165) is 20.9 Å². The first kappa shape index (κ1) is 21.6. The maximum atomic E-state index is 12.6. The highest BCUT2D eigenvalue weighted by Gasteiger charge is 2.12. The lowest BCUT2D eigenvalue weighted by molar-refractivity contribution is 0.0954. The topological polar surface area (TPSA) is 85.4 Å². The van der Waals surface area contributed by atoms with Crippen molar-refractivity contribution in [3.63, 3.8) is 0 Å². The zero-order valence-corrected chi connectivity index (χ0v) is 18.5. The number of anilines is 1. The number of hydrogen-bond donors (Lipinski definition) is 2. The molecule has 2 heterocycles. The van der Waals surface area contributed by atoms with Gasteiger partial charge in [0.1, 0.15) is 6.61 Å². The third-order valence-corrected chi connectivity index (χ3v) is 5.62. The number of fused-ring (bicyclic) bond motifs is 1. The fourth-order valence-corrected chi connectivity index (χ4v) is 3.96. The Labute approximate surface area is 190 Å². The minimum absolute atomic E-state index is 0.169. The first-order valence-electron chi connectivity index (χ1n) is 10.4. The largest absolute Gasteiger partial charge is 0.490 e. The Balaban J connectivity index is 1.31. The molecule has 0 aliphatic rings. The smallest absolute Gasteiger partial charge is 0.251 e. The number of amides is 1. The lowest BCUT2D eigenvalue weighted by Gasteiger charge is -2.13. The van der Waals surface area contributed by atoms with Crippen LogP contribution in [0.3, 0.4) is 0 Å². The van der Waals surface area contributed by atoms with E-state index in [1.54, 1.807) is 41.9 Å². The molecule has 7 nitrogen and oxygen atoms in total. The minimum atomic E-state index is -0.169. The van der Waals surface area contributed by atoms with Gasteiger partial charge in [-0.3, -0.25) is 9.78 Å². The second-order valence-corrected chi connectivity index (χ2v) is 7.94. The van der Waals surface area contributed by atoms with E-state index in [0.29, 0.717) is 43.4 Å². The zero-order chi connectivity index (χ0) is 22.2. The highest BCUT2D eigenvalue weighted by atomic mass is 32.1. The van der Waals surface area contributed by atoms with Gasteiger partial charge in [0, 0.05) is 31.0 Å². The molecule has 0 bridgehead atoms. The molecule has 0 saturated heterocycles. The number of rotatable bonds is 10. The summed E-state index contributed by atoms with van der Waals surface area (Å²) < 4.78 is 12.7. The number of nitrogens with one attached hydrogen (secondary N) is 2. The molecule has 0 spiro atoms. The van der Waals surface area contributed by atoms with E-state index >= 15 is 0 Å². The number of carbonyl (C=O) groups excluding carboxylic acids is 1. The predicted octanol–water partition coefficient (Wildman–Crippen LogP) is 4.51. The number of para-hydroxylation sites is 1. The summed E-state index contributed by atoms with van der Waals surface area (Å²) in [5, 5.41) is 7.02. The van der Waals surface area contributed by atoms with Crippen molar-refractivity contribution in [1.29, 1.82) is 0 Å². The molecule has 0 aliphatic carbocycles. The SMILES string of the molecule is CCOc1cc(C(=O)NCCNc2nc3ccccc3s2)ccc1OCc1ccncc1. The first-order chi connectivity index (χ1) is 15.7. The molecule has 32 heavy (non-hydrogen) atoms. The molecule has 0 unspecified atom stereocenters. The molecule has 0 atom stereocenters. The van der Waals surface area contributed by atoms with Crippen LogP contribution < -0.4 is 20.1 Å². The van der Waals surface area contributed by atoms with Gasteiger partial charge < -0.3 is 20.1 Å². The average Bonchev–Trinajstić information content (AvgIpc) is 3.24. The lowest BCUT2D eigenvalue weighted by atomic mass is 10.2. The number of pyridine rings is 1. The molecule has 4 aromatic rings. The van der Waals surface area contributed by atoms with Crippen molar-refractivity contribution < 1.29 is 14.3 Å². The number of nitrogens with zero attached hydrogens (tertiary/aromatic N) is 2. The average molecular weight is 449 g/mol. The summed E-state index contributed by atoms with van der Waals surface area (Å²) in [5.74, 6) is 0.970. The van der Waals surface area contributed by atoms with E-state index < -0.39 is 0 Å². The minimum Gasteiger partial charge on any atom is -0.490 e. The molecule has 0 fully saturated rings. The number of aromatic nitrogens is 2. The molecule has 8 heteroatoms. The second-order valence-electron chi connectivity index (χ2n) is 6.91. The Morgan fingerprint density at radius 2 is 1.84 bits per heavy atom. The van der Waals surface area contributed by atoms with E-state index in [1.807, 2.05) is 43.3 Å². The fraction of sp³-hybridized carbons (Fsp3) is 0.208. The monoisotopic (exact) mass is 448 g/mol. The van der Waals surface area contributed by atoms with E-state index in [4.69, 9.17) is 9.47 Å². The standard InChI is InChI=1S/C24H24N4O3S/c1-2-30-21-15-18(7-8-20(21)31-16-17-9-11-25-12-10-17)23(29)26-13-14-27-24-28-19-5-3-4-6-22(19)32-24/h3-12,15H,2,13-14,16H2,1H3,(H,26,29)(H,27,28). The summed E-state index contributed by atoms with van der Waals surface area (Å²) in [7, 11) is 0. The van der Waals surface area contributed by atoms with E-state index in [1.165, 1.54) is 0 Å². The van der Waals surface area contributed by atoms with Gasteiger partial charge in [0.15, 0.2) is 16.6 Å². The third kappa shape index (κ3) is 5.53. The van der Waals surface area contributed by atoms with Crippen LogP contribution in [-0.2, 0) is 6.61 Å². The van der Waals surface area contributed by atoms with Crippen molar-refractivity contribution in [1.82, 2.24) is 15.3 Å². The summed E-state index contributed by atoms with van der Waals surface area (Å²) in [6, 6.07) is 17.0. The number of ether oxygens (including phenoxy) is 2. The van der Waals surface area contributed by atoms with E-state index in [-0.39, 0.29) is 5.91 Å². The fourth-order valence-electron chi connectivity index (χ4n) is 3.07. The van der Waals surface area contributed by atoms with Gasteiger partial charge in [0.2, 0.25) is 0 Å². The third-order valence-electron chi connectivity index (χ3n) is 4.63. The lowest BCUT2D eigenvalue weighted by Crippen LogP contribution is -2.28. The molecule has 2 aromatic carbocycles. The molecule has 1 amide bonds. The summed E-state index contributed by atoms with van der Waals surface area (Å²) >= 11 is 1.60. The van der Waals surface area contributed by atoms with Gasteiger partial charge in [0.25, 0.3) is 5.91 Å². The molecular formula is C24H24N4O3S. The Morgan fingerprint density at radius 1 is 1.00 bits per heavy atom. The van der Waals surface area contributed by atoms with E-state index in [9.17, 15) is 4.79 Å². The van der Waals surface area contributed by atoms with Crippen LogP contribution in [0.2, 0.25) is 0 Å². The number of thiazole rings is 1. The normalized spacial score (nSPS) is 10.7. The van der Waals surface area contributed by atoms with Crippen LogP contribution in [0.15, 0.2) is 67.0 Å². The Kier molecular flexibility index (Phi) is 7.14. The molecule has 2 N–H and O–H groups in total. The van der Waals surface area contributed by atoms with E-state index in [2.05, 4.69) is 20.6 Å². The number of benzene rings is 2. The summed E-state index contributed by atoms with van der Waals surface area (Å²) in [4.78, 5) is 21.1. The van der Waals surface area contributed by atoms with Crippen molar-refractivity contribution in [3.05, 3.63) is 78.1 Å². The molecule has 164 valence electrons. The molecule has 0 saturated carbocycles. The van der Waals surface area contributed by atoms with Gasteiger partial charge in [-0.15, -0.1) is 0 Å². The van der Waals surface area contributed by atoms with Crippen molar-refractivity contribution in [2.24, 2.45) is 0 Å². The van der Waals surface area contributed by atoms with Gasteiger partial charge in [-0.1, -0.05) is 23.5 Å². The number of hydrogen-bond acceptors (Lipinski definition) is 7. The van der Waals surface area contributed by atoms with Gasteiger partial charge in [-0.05, 0) is 55.0 Å². The molecule has 0 radical (unpaired) electrons. The van der Waals surface area contributed by atoms with Gasteiger partial charge in [0.05, 0.1) is 16.8 Å². The Hall–Kier alpha value is -3.65. The van der Waals surface area contributed by atoms with Crippen LogP contribution in [-0.4, -0.2) is 35.6 Å². The molecular weight excluding hydrogens is 424 g/mol. The summed E-state index contributed by atoms with van der Waals surface area (Å²) in [6.45, 7) is 3.82. The quantitative estimate of drug-likeness (QED) is 0.347. The zero-order valence-electron chi connectivity index (χ0n) is 17.7. The summed E-state index contributed by atoms with van der Waals surface area (Å²) in [6.07, 6.45) is 3.45. The maximum absolute atomic E-state index is 12.6. The molecule has 0 aliphatic heterocycles. The Bertz CT molecular complexity index is 1150. The molecule has 2 aromatic heterocycles. The van der Waals surface area contributed by atoms with Crippen LogP contribution in [0.5, 0.6) is 11.5 Å². The van der Waals surface area contributed by atoms with Crippen LogP contribution in [0.1, 0.15) is 22.8 Å². The van der Waals surface area contributed by atoms with Crippen molar-refractivity contribution in [3.8, 4) is 11.5 Å². The highest BCUT2D eigenvalue weighted by Crippen LogP contribution is 2.29. The van der Waals surface area contributed by atoms with Gasteiger partial charge in [-0.2, -0.15) is 0 Å². The van der Waals surface area contributed by atoms with Crippen LogP contribution in [0, 0.1) is 0 Å². The summed E-state index contributed by atoms with van der Waals surface area (Å²) in [5.41, 5.74) is 2.49. The van der Waals surface area contributed by atoms with Gasteiger partial charge in [-0.25, -0.2) is 4.98 Å². The van der Waals surface area contributed by atoms with Crippen molar-refractivity contribution in [2.75, 3.05) is 25.0 Å². The molecule has 4 rings (SSSR count). The Morgan fingerprint density at radius 3 is 2.66 bits per heavy atom. The first-order valence-corrected chi connectivity index (χ1v) is 11.2. The second kappa shape index (κ2) is 10.6. The van der Waals surface area contributed by atoms with Crippen molar-refractivity contribution in [2.45, 2.75) is 13.5 Å². The van der Waals surface area contributed by atoms with Crippen molar-refractivity contribution >= 4 is 32.6 Å². The van der Waals surface area contributed by atoms with Crippen LogP contribution in [0.4, 0.5) is 5.13 Å².